The topological polar surface area (TPSA) is 0 Å². The van der Waals surface area contributed by atoms with Crippen LogP contribution in [0.4, 0.5) is 0 Å². The fourth-order valence-electron chi connectivity index (χ4n) is 3.52. The molecule has 0 nitrogen and oxygen atoms in total. The summed E-state index contributed by atoms with van der Waals surface area (Å²) in [5.41, 5.74) is 6.25. The maximum Gasteiger partial charge on any atom is 0.0433 e. The van der Waals surface area contributed by atoms with Crippen molar-refractivity contribution in [2.24, 2.45) is 0 Å². The van der Waals surface area contributed by atoms with Gasteiger partial charge in [-0.25, -0.2) is 0 Å². The van der Waals surface area contributed by atoms with E-state index < -0.39 is 0 Å². The van der Waals surface area contributed by atoms with Crippen LogP contribution < -0.4 is 0 Å². The van der Waals surface area contributed by atoms with Crippen LogP contribution in [0.2, 0.25) is 0 Å². The molecule has 0 N–H and O–H groups in total. The van der Waals surface area contributed by atoms with Gasteiger partial charge in [0.1, 0.15) is 0 Å². The second-order valence-corrected chi connectivity index (χ2v) is 7.89. The SMILES string of the molecule is C=C/C=C(\C=C(/C)c1cccc(C)c1)c1cccc2c1sc1ccccc12. The smallest absolute Gasteiger partial charge is 0.0433 e. The number of allylic oxidation sites excluding steroid dienone is 5. The van der Waals surface area contributed by atoms with Crippen molar-refractivity contribution < 1.29 is 0 Å². The quantitative estimate of drug-likeness (QED) is 0.321. The lowest BCUT2D eigenvalue weighted by Crippen LogP contribution is -1.86. The first-order chi connectivity index (χ1) is 13.2. The maximum absolute atomic E-state index is 3.94. The lowest BCUT2D eigenvalue weighted by molar-refractivity contribution is 1.44. The molecule has 0 radical (unpaired) electrons. The fourth-order valence-corrected chi connectivity index (χ4v) is 4.76. The summed E-state index contributed by atoms with van der Waals surface area (Å²) in [6.45, 7) is 8.25. The molecule has 27 heavy (non-hydrogen) atoms. The van der Waals surface area contributed by atoms with Crippen molar-refractivity contribution >= 4 is 42.7 Å². The average molecular weight is 367 g/mol. The second-order valence-electron chi connectivity index (χ2n) is 6.84. The number of fused-ring (bicyclic) bond motifs is 3. The monoisotopic (exact) mass is 366 g/mol. The third-order valence-electron chi connectivity index (χ3n) is 4.86. The molecule has 1 heterocycles. The highest BCUT2D eigenvalue weighted by atomic mass is 32.1. The summed E-state index contributed by atoms with van der Waals surface area (Å²) < 4.78 is 2.66. The highest BCUT2D eigenvalue weighted by Gasteiger charge is 2.10. The van der Waals surface area contributed by atoms with E-state index >= 15 is 0 Å². The minimum atomic E-state index is 1.20. The molecule has 1 aromatic heterocycles. The highest BCUT2D eigenvalue weighted by molar-refractivity contribution is 7.26. The molecule has 0 aliphatic carbocycles. The minimum absolute atomic E-state index is 1.20. The molecule has 0 fully saturated rings. The lowest BCUT2D eigenvalue weighted by Gasteiger charge is -2.08. The summed E-state index contributed by atoms with van der Waals surface area (Å²) in [5, 5.41) is 2.65. The van der Waals surface area contributed by atoms with Crippen molar-refractivity contribution in [2.45, 2.75) is 13.8 Å². The summed E-state index contributed by atoms with van der Waals surface area (Å²) in [6, 6.07) is 23.9. The van der Waals surface area contributed by atoms with E-state index in [1.165, 1.54) is 48.0 Å². The van der Waals surface area contributed by atoms with Gasteiger partial charge in [0.15, 0.2) is 0 Å². The summed E-state index contributed by atoms with van der Waals surface area (Å²) in [7, 11) is 0. The normalized spacial score (nSPS) is 12.7. The molecule has 0 amide bonds. The van der Waals surface area contributed by atoms with Gasteiger partial charge in [0.05, 0.1) is 0 Å². The van der Waals surface area contributed by atoms with Gasteiger partial charge in [0.2, 0.25) is 0 Å². The summed E-state index contributed by atoms with van der Waals surface area (Å²) in [4.78, 5) is 0. The number of benzene rings is 3. The number of hydrogen-bond donors (Lipinski definition) is 0. The van der Waals surface area contributed by atoms with Crippen LogP contribution in [0, 0.1) is 6.92 Å². The first-order valence-electron chi connectivity index (χ1n) is 9.16. The average Bonchev–Trinajstić information content (AvgIpc) is 3.06. The van der Waals surface area contributed by atoms with Gasteiger partial charge in [-0.1, -0.05) is 91.0 Å². The van der Waals surface area contributed by atoms with Gasteiger partial charge in [-0.2, -0.15) is 0 Å². The van der Waals surface area contributed by atoms with Crippen molar-refractivity contribution in [3.8, 4) is 0 Å². The maximum atomic E-state index is 3.94. The molecule has 4 aromatic rings. The number of thiophene rings is 1. The van der Waals surface area contributed by atoms with Crippen molar-refractivity contribution in [1.82, 2.24) is 0 Å². The van der Waals surface area contributed by atoms with E-state index in [9.17, 15) is 0 Å². The van der Waals surface area contributed by atoms with Crippen molar-refractivity contribution in [3.05, 3.63) is 108 Å². The molecule has 4 rings (SSSR count). The van der Waals surface area contributed by atoms with Crippen molar-refractivity contribution in [1.29, 1.82) is 0 Å². The zero-order valence-electron chi connectivity index (χ0n) is 15.7. The van der Waals surface area contributed by atoms with E-state index in [0.29, 0.717) is 0 Å². The van der Waals surface area contributed by atoms with Gasteiger partial charge in [0.25, 0.3) is 0 Å². The Morgan fingerprint density at radius 2 is 1.70 bits per heavy atom. The summed E-state index contributed by atoms with van der Waals surface area (Å²) in [5.74, 6) is 0. The van der Waals surface area contributed by atoms with E-state index in [-0.39, 0.29) is 0 Å². The molecule has 132 valence electrons. The van der Waals surface area contributed by atoms with E-state index in [0.717, 1.165) is 0 Å². The largest absolute Gasteiger partial charge is 0.135 e. The zero-order chi connectivity index (χ0) is 18.8. The Bertz CT molecular complexity index is 1200. The number of aryl methyl sites for hydroxylation is 1. The van der Waals surface area contributed by atoms with Crippen LogP contribution in [0.1, 0.15) is 23.6 Å². The molecule has 0 saturated carbocycles. The molecule has 0 unspecified atom stereocenters. The van der Waals surface area contributed by atoms with Crippen LogP contribution in [0.15, 0.2) is 91.5 Å². The molecule has 3 aromatic carbocycles. The zero-order valence-corrected chi connectivity index (χ0v) is 16.5. The molecular weight excluding hydrogens is 344 g/mol. The Morgan fingerprint density at radius 1 is 0.926 bits per heavy atom. The third-order valence-corrected chi connectivity index (χ3v) is 6.08. The van der Waals surface area contributed by atoms with Crippen LogP contribution in [-0.2, 0) is 0 Å². The van der Waals surface area contributed by atoms with Gasteiger partial charge in [-0.3, -0.25) is 0 Å². The molecule has 0 bridgehead atoms. The minimum Gasteiger partial charge on any atom is -0.135 e. The molecule has 0 atom stereocenters. The Balaban J connectivity index is 1.89. The lowest BCUT2D eigenvalue weighted by atomic mass is 9.97. The van der Waals surface area contributed by atoms with Gasteiger partial charge < -0.3 is 0 Å². The second kappa shape index (κ2) is 7.38. The Kier molecular flexibility index (Phi) is 4.79. The van der Waals surface area contributed by atoms with Crippen LogP contribution in [0.25, 0.3) is 31.3 Å². The summed E-state index contributed by atoms with van der Waals surface area (Å²) in [6.07, 6.45) is 6.26. The van der Waals surface area contributed by atoms with Crippen LogP contribution in [0.5, 0.6) is 0 Å². The van der Waals surface area contributed by atoms with Gasteiger partial charge >= 0.3 is 0 Å². The number of hydrogen-bond acceptors (Lipinski definition) is 1. The molecule has 1 heteroatoms. The van der Waals surface area contributed by atoms with Crippen LogP contribution in [-0.4, -0.2) is 0 Å². The first-order valence-corrected chi connectivity index (χ1v) is 9.98. The molecule has 0 aliphatic rings. The first kappa shape index (κ1) is 17.5. The molecule has 0 aliphatic heterocycles. The fraction of sp³-hybridized carbons (Fsp3) is 0.0769. The van der Waals surface area contributed by atoms with Crippen molar-refractivity contribution in [3.63, 3.8) is 0 Å². The van der Waals surface area contributed by atoms with Crippen LogP contribution in [0.3, 0.4) is 0 Å². The Labute approximate surface area is 164 Å². The van der Waals surface area contributed by atoms with Crippen LogP contribution >= 0.6 is 11.3 Å². The van der Waals surface area contributed by atoms with Gasteiger partial charge in [-0.05, 0) is 42.2 Å². The van der Waals surface area contributed by atoms with Crippen molar-refractivity contribution in [2.75, 3.05) is 0 Å². The standard InChI is InChI=1S/C26H22S/c1-4-9-21(17-19(3)20-11-7-10-18(2)16-20)22-13-8-14-24-23-12-5-6-15-25(23)27-26(22)24/h4-17H,1H2,2-3H3/b19-17+,21-9+. The molecule has 0 spiro atoms. The predicted octanol–water partition coefficient (Wildman–Crippen LogP) is 8.04. The van der Waals surface area contributed by atoms with E-state index in [2.05, 4.69) is 99.3 Å². The highest BCUT2D eigenvalue weighted by Crippen LogP contribution is 2.38. The molecule has 0 saturated heterocycles. The van der Waals surface area contributed by atoms with E-state index in [1.54, 1.807) is 0 Å². The van der Waals surface area contributed by atoms with Gasteiger partial charge in [0, 0.05) is 20.2 Å². The van der Waals surface area contributed by atoms with E-state index in [4.69, 9.17) is 0 Å². The van der Waals surface area contributed by atoms with Gasteiger partial charge in [-0.15, -0.1) is 11.3 Å². The Morgan fingerprint density at radius 3 is 2.52 bits per heavy atom. The number of rotatable bonds is 4. The third kappa shape index (κ3) is 3.39. The molecular formula is C26H22S. The van der Waals surface area contributed by atoms with E-state index in [1.807, 2.05) is 17.4 Å². The summed E-state index contributed by atoms with van der Waals surface area (Å²) >= 11 is 1.86. The Hall–Kier alpha value is -2.90. The predicted molar refractivity (Wildman–Crippen MR) is 122 cm³/mol.